The van der Waals surface area contributed by atoms with Gasteiger partial charge in [0.25, 0.3) is 0 Å². The van der Waals surface area contributed by atoms with Crippen LogP contribution in [-0.4, -0.2) is 10.2 Å². The molecule has 2 N–H and O–H groups in total. The molecule has 0 aliphatic carbocycles. The highest BCUT2D eigenvalue weighted by Gasteiger charge is 2.12. The first-order valence-electron chi connectivity index (χ1n) is 6.24. The molecule has 2 rings (SSSR count). The van der Waals surface area contributed by atoms with Crippen LogP contribution < -0.4 is 0 Å². The maximum atomic E-state index is 10.1. The van der Waals surface area contributed by atoms with E-state index in [2.05, 4.69) is 13.0 Å². The van der Waals surface area contributed by atoms with Gasteiger partial charge in [0.2, 0.25) is 0 Å². The fraction of sp³-hybridized carbons (Fsp3) is 0.250. The average Bonchev–Trinajstić information content (AvgIpc) is 2.30. The molecule has 0 aliphatic heterocycles. The summed E-state index contributed by atoms with van der Waals surface area (Å²) in [7, 11) is 0. The van der Waals surface area contributed by atoms with Gasteiger partial charge in [-0.3, -0.25) is 0 Å². The van der Waals surface area contributed by atoms with E-state index < -0.39 is 0 Å². The first-order chi connectivity index (χ1) is 8.63. The van der Waals surface area contributed by atoms with Crippen molar-refractivity contribution < 1.29 is 10.2 Å². The van der Waals surface area contributed by atoms with E-state index >= 15 is 0 Å². The van der Waals surface area contributed by atoms with Gasteiger partial charge in [0, 0.05) is 11.6 Å². The third kappa shape index (κ3) is 2.33. The van der Waals surface area contributed by atoms with Crippen LogP contribution in [0, 0.1) is 6.92 Å². The molecule has 0 saturated carbocycles. The van der Waals surface area contributed by atoms with E-state index in [1.54, 1.807) is 6.07 Å². The SMILES string of the molecule is CCCc1ccccc1-c1c(C)cc(O)cc1O. The minimum absolute atomic E-state index is 0.0988. The molecule has 0 amide bonds. The molecular weight excluding hydrogens is 224 g/mol. The summed E-state index contributed by atoms with van der Waals surface area (Å²) in [6.07, 6.45) is 2.05. The van der Waals surface area contributed by atoms with E-state index in [-0.39, 0.29) is 11.5 Å². The number of aryl methyl sites for hydroxylation is 2. The number of phenols is 2. The zero-order valence-electron chi connectivity index (χ0n) is 10.8. The van der Waals surface area contributed by atoms with E-state index in [4.69, 9.17) is 0 Å². The van der Waals surface area contributed by atoms with Gasteiger partial charge in [-0.15, -0.1) is 0 Å². The summed E-state index contributed by atoms with van der Waals surface area (Å²) in [5.74, 6) is 0.234. The molecule has 0 bridgehead atoms. The van der Waals surface area contributed by atoms with E-state index in [1.165, 1.54) is 11.6 Å². The lowest BCUT2D eigenvalue weighted by Gasteiger charge is -2.13. The summed E-state index contributed by atoms with van der Waals surface area (Å²) in [5, 5.41) is 19.5. The lowest BCUT2D eigenvalue weighted by molar-refractivity contribution is 0.451. The third-order valence-corrected chi connectivity index (χ3v) is 3.11. The Morgan fingerprint density at radius 3 is 2.44 bits per heavy atom. The average molecular weight is 242 g/mol. The molecule has 0 atom stereocenters. The first kappa shape index (κ1) is 12.5. The Hall–Kier alpha value is -1.96. The Balaban J connectivity index is 2.62. The largest absolute Gasteiger partial charge is 0.508 e. The monoisotopic (exact) mass is 242 g/mol. The van der Waals surface area contributed by atoms with Crippen molar-refractivity contribution in [2.24, 2.45) is 0 Å². The fourth-order valence-electron chi connectivity index (χ4n) is 2.35. The van der Waals surface area contributed by atoms with Gasteiger partial charge in [-0.05, 0) is 36.1 Å². The van der Waals surface area contributed by atoms with Gasteiger partial charge in [0.15, 0.2) is 0 Å². The molecule has 94 valence electrons. The maximum absolute atomic E-state index is 10.1. The molecule has 0 spiro atoms. The van der Waals surface area contributed by atoms with Gasteiger partial charge in [-0.2, -0.15) is 0 Å². The molecule has 0 heterocycles. The van der Waals surface area contributed by atoms with Crippen molar-refractivity contribution in [1.29, 1.82) is 0 Å². The predicted octanol–water partition coefficient (Wildman–Crippen LogP) is 4.03. The molecule has 0 fully saturated rings. The van der Waals surface area contributed by atoms with Gasteiger partial charge in [0.05, 0.1) is 0 Å². The van der Waals surface area contributed by atoms with Gasteiger partial charge < -0.3 is 10.2 Å². The van der Waals surface area contributed by atoms with Gasteiger partial charge >= 0.3 is 0 Å². The molecule has 0 aliphatic rings. The lowest BCUT2D eigenvalue weighted by Crippen LogP contribution is -1.92. The second-order valence-corrected chi connectivity index (χ2v) is 4.56. The van der Waals surface area contributed by atoms with Gasteiger partial charge in [0.1, 0.15) is 11.5 Å². The molecule has 2 aromatic carbocycles. The molecule has 0 unspecified atom stereocenters. The minimum Gasteiger partial charge on any atom is -0.508 e. The lowest BCUT2D eigenvalue weighted by atomic mass is 9.93. The van der Waals surface area contributed by atoms with Crippen LogP contribution in [0.3, 0.4) is 0 Å². The van der Waals surface area contributed by atoms with E-state index in [1.807, 2.05) is 25.1 Å². The fourth-order valence-corrected chi connectivity index (χ4v) is 2.35. The van der Waals surface area contributed by atoms with Gasteiger partial charge in [-0.1, -0.05) is 37.6 Å². The van der Waals surface area contributed by atoms with Crippen LogP contribution in [0.5, 0.6) is 11.5 Å². The number of phenolic OH excluding ortho intramolecular Hbond substituents is 2. The number of benzene rings is 2. The highest BCUT2D eigenvalue weighted by atomic mass is 16.3. The third-order valence-electron chi connectivity index (χ3n) is 3.11. The Morgan fingerprint density at radius 2 is 1.78 bits per heavy atom. The van der Waals surface area contributed by atoms with Crippen molar-refractivity contribution in [1.82, 2.24) is 0 Å². The highest BCUT2D eigenvalue weighted by Crippen LogP contribution is 2.37. The molecule has 0 radical (unpaired) electrons. The standard InChI is InChI=1S/C16H18O2/c1-3-6-12-7-4-5-8-14(12)16-11(2)9-13(17)10-15(16)18/h4-5,7-10,17-18H,3,6H2,1-2H3. The summed E-state index contributed by atoms with van der Waals surface area (Å²) in [6, 6.07) is 11.2. The van der Waals surface area contributed by atoms with E-state index in [0.29, 0.717) is 0 Å². The molecular formula is C16H18O2. The van der Waals surface area contributed by atoms with Crippen LogP contribution in [0.25, 0.3) is 11.1 Å². The molecule has 2 aromatic rings. The van der Waals surface area contributed by atoms with Crippen LogP contribution in [-0.2, 0) is 6.42 Å². The van der Waals surface area contributed by atoms with Crippen LogP contribution >= 0.6 is 0 Å². The van der Waals surface area contributed by atoms with Crippen molar-refractivity contribution in [3.8, 4) is 22.6 Å². The number of aromatic hydroxyl groups is 2. The van der Waals surface area contributed by atoms with Gasteiger partial charge in [-0.25, -0.2) is 0 Å². The molecule has 0 aromatic heterocycles. The Bertz CT molecular complexity index is 536. The Morgan fingerprint density at radius 1 is 1.06 bits per heavy atom. The van der Waals surface area contributed by atoms with Crippen LogP contribution in [0.4, 0.5) is 0 Å². The summed E-state index contributed by atoms with van der Waals surface area (Å²) in [5.41, 5.74) is 3.98. The first-order valence-corrected chi connectivity index (χ1v) is 6.24. The summed E-state index contributed by atoms with van der Waals surface area (Å²) in [6.45, 7) is 4.04. The smallest absolute Gasteiger partial charge is 0.127 e. The van der Waals surface area contributed by atoms with Crippen molar-refractivity contribution in [3.63, 3.8) is 0 Å². The van der Waals surface area contributed by atoms with E-state index in [0.717, 1.165) is 29.5 Å². The zero-order chi connectivity index (χ0) is 13.1. The molecule has 18 heavy (non-hydrogen) atoms. The zero-order valence-corrected chi connectivity index (χ0v) is 10.8. The highest BCUT2D eigenvalue weighted by molar-refractivity contribution is 5.77. The van der Waals surface area contributed by atoms with Crippen molar-refractivity contribution in [3.05, 3.63) is 47.5 Å². The summed E-state index contributed by atoms with van der Waals surface area (Å²) in [4.78, 5) is 0. The van der Waals surface area contributed by atoms with Crippen molar-refractivity contribution in [2.45, 2.75) is 26.7 Å². The molecule has 2 nitrogen and oxygen atoms in total. The Labute approximate surface area is 108 Å². The van der Waals surface area contributed by atoms with Crippen LogP contribution in [0.1, 0.15) is 24.5 Å². The Kier molecular flexibility index (Phi) is 3.56. The van der Waals surface area contributed by atoms with E-state index in [9.17, 15) is 10.2 Å². The number of rotatable bonds is 3. The predicted molar refractivity (Wildman–Crippen MR) is 73.9 cm³/mol. The normalized spacial score (nSPS) is 10.6. The molecule has 0 saturated heterocycles. The second-order valence-electron chi connectivity index (χ2n) is 4.56. The van der Waals surface area contributed by atoms with Crippen LogP contribution in [0.15, 0.2) is 36.4 Å². The topological polar surface area (TPSA) is 40.5 Å². The maximum Gasteiger partial charge on any atom is 0.127 e. The quantitative estimate of drug-likeness (QED) is 0.853. The summed E-state index contributed by atoms with van der Waals surface area (Å²) < 4.78 is 0. The molecule has 2 heteroatoms. The van der Waals surface area contributed by atoms with Crippen LogP contribution in [0.2, 0.25) is 0 Å². The minimum atomic E-state index is 0.0988. The number of hydrogen-bond acceptors (Lipinski definition) is 2. The van der Waals surface area contributed by atoms with Crippen molar-refractivity contribution >= 4 is 0 Å². The number of hydrogen-bond donors (Lipinski definition) is 2. The van der Waals surface area contributed by atoms with Crippen molar-refractivity contribution in [2.75, 3.05) is 0 Å². The second kappa shape index (κ2) is 5.13. The summed E-state index contributed by atoms with van der Waals surface area (Å²) >= 11 is 0.